The molecule has 27 heavy (non-hydrogen) atoms. The van der Waals surface area contributed by atoms with E-state index in [4.69, 9.17) is 0 Å². The van der Waals surface area contributed by atoms with E-state index in [-0.39, 0.29) is 10.8 Å². The van der Waals surface area contributed by atoms with Gasteiger partial charge in [-0.3, -0.25) is 10.1 Å². The topological polar surface area (TPSA) is 79.4 Å². The largest absolute Gasteiger partial charge is 0.298 e. The highest BCUT2D eigenvalue weighted by Crippen LogP contribution is 2.20. The molecule has 1 amide bonds. The lowest BCUT2D eigenvalue weighted by atomic mass is 10.2. The monoisotopic (exact) mass is 401 g/mol. The van der Waals surface area contributed by atoms with Crippen molar-refractivity contribution in [2.75, 3.05) is 11.9 Å². The van der Waals surface area contributed by atoms with Crippen molar-refractivity contribution in [1.29, 1.82) is 0 Å². The van der Waals surface area contributed by atoms with Gasteiger partial charge in [0.1, 0.15) is 0 Å². The molecule has 140 valence electrons. The molecule has 0 bridgehead atoms. The number of nitrogens with one attached hydrogen (secondary N) is 1. The van der Waals surface area contributed by atoms with Crippen molar-refractivity contribution < 1.29 is 13.2 Å². The molecule has 1 aromatic heterocycles. The zero-order chi connectivity index (χ0) is 19.3. The highest BCUT2D eigenvalue weighted by atomic mass is 32.2. The van der Waals surface area contributed by atoms with Gasteiger partial charge in [0.05, 0.1) is 4.90 Å². The van der Waals surface area contributed by atoms with E-state index in [1.165, 1.54) is 39.9 Å². The molecule has 2 aromatic carbocycles. The quantitative estimate of drug-likeness (QED) is 0.656. The maximum Gasteiger partial charge on any atom is 0.257 e. The molecule has 0 saturated heterocycles. The molecule has 3 rings (SSSR count). The van der Waals surface area contributed by atoms with Gasteiger partial charge in [0.2, 0.25) is 10.0 Å². The minimum Gasteiger partial charge on any atom is -0.298 e. The first-order valence-electron chi connectivity index (χ1n) is 8.35. The van der Waals surface area contributed by atoms with Crippen LogP contribution < -0.4 is 5.32 Å². The third-order valence-electron chi connectivity index (χ3n) is 3.96. The number of nitrogens with zero attached hydrogens (tertiary/aromatic N) is 2. The number of benzene rings is 2. The van der Waals surface area contributed by atoms with Crippen molar-refractivity contribution >= 4 is 32.4 Å². The van der Waals surface area contributed by atoms with Crippen molar-refractivity contribution in [1.82, 2.24) is 9.29 Å². The van der Waals surface area contributed by atoms with E-state index in [1.807, 2.05) is 30.3 Å². The van der Waals surface area contributed by atoms with Crippen molar-refractivity contribution in [3.05, 3.63) is 77.3 Å². The Hall–Kier alpha value is -2.55. The SMILES string of the molecule is CCN(Cc1ccccc1)S(=O)(=O)c1ccc(C(=O)Nc2nccs2)cc1. The fourth-order valence-corrected chi connectivity index (χ4v) is 4.50. The standard InChI is InChI=1S/C19H19N3O3S2/c1-2-22(14-15-6-4-3-5-7-15)27(24,25)17-10-8-16(9-11-17)18(23)21-19-20-12-13-26-19/h3-13H,2,14H2,1H3,(H,20,21,23). The molecule has 0 aliphatic carbocycles. The Morgan fingerprint density at radius 2 is 1.81 bits per heavy atom. The zero-order valence-electron chi connectivity index (χ0n) is 14.7. The molecule has 0 aliphatic rings. The van der Waals surface area contributed by atoms with Gasteiger partial charge in [0.15, 0.2) is 5.13 Å². The molecule has 1 heterocycles. The Labute approximate surface area is 162 Å². The van der Waals surface area contributed by atoms with E-state index in [2.05, 4.69) is 10.3 Å². The molecule has 6 nitrogen and oxygen atoms in total. The minimum absolute atomic E-state index is 0.158. The molecule has 0 unspecified atom stereocenters. The van der Waals surface area contributed by atoms with Crippen LogP contribution in [0.1, 0.15) is 22.8 Å². The Kier molecular flexibility index (Phi) is 6.00. The van der Waals surface area contributed by atoms with Crippen LogP contribution in [0.4, 0.5) is 5.13 Å². The fourth-order valence-electron chi connectivity index (χ4n) is 2.54. The van der Waals surface area contributed by atoms with Crippen LogP contribution in [-0.2, 0) is 16.6 Å². The van der Waals surface area contributed by atoms with E-state index in [0.717, 1.165) is 5.56 Å². The van der Waals surface area contributed by atoms with E-state index in [1.54, 1.807) is 18.5 Å². The van der Waals surface area contributed by atoms with Gasteiger partial charge in [-0.15, -0.1) is 11.3 Å². The van der Waals surface area contributed by atoms with Crippen LogP contribution in [0.25, 0.3) is 0 Å². The summed E-state index contributed by atoms with van der Waals surface area (Å²) in [7, 11) is -3.65. The fraction of sp³-hybridized carbons (Fsp3) is 0.158. The summed E-state index contributed by atoms with van der Waals surface area (Å²) >= 11 is 1.32. The zero-order valence-corrected chi connectivity index (χ0v) is 16.3. The Morgan fingerprint density at radius 1 is 1.11 bits per heavy atom. The summed E-state index contributed by atoms with van der Waals surface area (Å²) in [6.07, 6.45) is 1.60. The first-order valence-corrected chi connectivity index (χ1v) is 10.7. The predicted molar refractivity (Wildman–Crippen MR) is 106 cm³/mol. The van der Waals surface area contributed by atoms with E-state index >= 15 is 0 Å². The van der Waals surface area contributed by atoms with Crippen molar-refractivity contribution in [3.63, 3.8) is 0 Å². The highest BCUT2D eigenvalue weighted by Gasteiger charge is 2.23. The summed E-state index contributed by atoms with van der Waals surface area (Å²) in [5, 5.41) is 4.93. The van der Waals surface area contributed by atoms with Crippen LogP contribution in [0.3, 0.4) is 0 Å². The number of amides is 1. The number of thiazole rings is 1. The van der Waals surface area contributed by atoms with E-state index in [0.29, 0.717) is 23.8 Å². The maximum absolute atomic E-state index is 12.9. The van der Waals surface area contributed by atoms with Crippen molar-refractivity contribution in [3.8, 4) is 0 Å². The molecule has 8 heteroatoms. The van der Waals surface area contributed by atoms with E-state index in [9.17, 15) is 13.2 Å². The first-order chi connectivity index (χ1) is 13.0. The summed E-state index contributed by atoms with van der Waals surface area (Å²) in [5.41, 5.74) is 1.29. The van der Waals surface area contributed by atoms with Crippen LogP contribution in [0.15, 0.2) is 71.1 Å². The van der Waals surface area contributed by atoms with Gasteiger partial charge in [0.25, 0.3) is 5.91 Å². The number of rotatable bonds is 7. The smallest absolute Gasteiger partial charge is 0.257 e. The van der Waals surface area contributed by atoms with Gasteiger partial charge in [0, 0.05) is 30.2 Å². The van der Waals surface area contributed by atoms with Crippen LogP contribution in [0.5, 0.6) is 0 Å². The highest BCUT2D eigenvalue weighted by molar-refractivity contribution is 7.89. The lowest BCUT2D eigenvalue weighted by Gasteiger charge is -2.20. The average Bonchev–Trinajstić information content (AvgIpc) is 3.20. The van der Waals surface area contributed by atoms with Gasteiger partial charge in [-0.05, 0) is 29.8 Å². The van der Waals surface area contributed by atoms with Gasteiger partial charge in [-0.2, -0.15) is 4.31 Å². The van der Waals surface area contributed by atoms with Crippen molar-refractivity contribution in [2.24, 2.45) is 0 Å². The number of sulfonamides is 1. The molecule has 1 N–H and O–H groups in total. The lowest BCUT2D eigenvalue weighted by molar-refractivity contribution is 0.102. The van der Waals surface area contributed by atoms with Gasteiger partial charge < -0.3 is 0 Å². The minimum atomic E-state index is -3.65. The number of hydrogen-bond acceptors (Lipinski definition) is 5. The second-order valence-electron chi connectivity index (χ2n) is 5.73. The number of hydrogen-bond donors (Lipinski definition) is 1. The molecule has 0 radical (unpaired) electrons. The Morgan fingerprint density at radius 3 is 2.41 bits per heavy atom. The second-order valence-corrected chi connectivity index (χ2v) is 8.57. The molecule has 0 aliphatic heterocycles. The summed E-state index contributed by atoms with van der Waals surface area (Å²) in [6, 6.07) is 15.4. The molecule has 3 aromatic rings. The normalized spacial score (nSPS) is 11.5. The molecular weight excluding hydrogens is 382 g/mol. The number of carbonyl (C=O) groups is 1. The number of aromatic nitrogens is 1. The Bertz CT molecular complexity index is 986. The van der Waals surface area contributed by atoms with Crippen molar-refractivity contribution in [2.45, 2.75) is 18.4 Å². The summed E-state index contributed by atoms with van der Waals surface area (Å²) in [5.74, 6) is -0.328. The summed E-state index contributed by atoms with van der Waals surface area (Å²) < 4.78 is 27.3. The maximum atomic E-state index is 12.9. The van der Waals surface area contributed by atoms with Crippen LogP contribution in [-0.4, -0.2) is 30.2 Å². The molecule has 0 saturated carbocycles. The predicted octanol–water partition coefficient (Wildman–Crippen LogP) is 3.61. The lowest BCUT2D eigenvalue weighted by Crippen LogP contribution is -2.30. The number of anilines is 1. The third-order valence-corrected chi connectivity index (χ3v) is 6.59. The van der Waals surface area contributed by atoms with Crippen LogP contribution in [0.2, 0.25) is 0 Å². The molecule has 0 fully saturated rings. The average molecular weight is 402 g/mol. The summed E-state index contributed by atoms with van der Waals surface area (Å²) in [4.78, 5) is 16.4. The molecular formula is C19H19N3O3S2. The molecule has 0 spiro atoms. The summed E-state index contributed by atoms with van der Waals surface area (Å²) in [6.45, 7) is 2.45. The van der Waals surface area contributed by atoms with E-state index < -0.39 is 10.0 Å². The van der Waals surface area contributed by atoms with Gasteiger partial charge >= 0.3 is 0 Å². The first kappa shape index (κ1) is 19.2. The van der Waals surface area contributed by atoms with Crippen LogP contribution in [0, 0.1) is 0 Å². The second kappa shape index (κ2) is 8.43. The molecule has 0 atom stereocenters. The van der Waals surface area contributed by atoms with Gasteiger partial charge in [-0.1, -0.05) is 37.3 Å². The van der Waals surface area contributed by atoms with Gasteiger partial charge in [-0.25, -0.2) is 13.4 Å². The number of carbonyl (C=O) groups excluding carboxylic acids is 1. The Balaban J connectivity index is 1.76. The third kappa shape index (κ3) is 4.60. The van der Waals surface area contributed by atoms with Crippen LogP contribution >= 0.6 is 11.3 Å².